The van der Waals surface area contributed by atoms with E-state index in [1.165, 1.54) is 0 Å². The van der Waals surface area contributed by atoms with Crippen molar-refractivity contribution in [3.63, 3.8) is 0 Å². The highest BCUT2D eigenvalue weighted by molar-refractivity contribution is 5.86. The zero-order chi connectivity index (χ0) is 18.8. The van der Waals surface area contributed by atoms with Gasteiger partial charge in [0.15, 0.2) is 5.58 Å². The Morgan fingerprint density at radius 3 is 2.85 bits per heavy atom. The largest absolute Gasteiger partial charge is 0.458 e. The van der Waals surface area contributed by atoms with E-state index in [1.54, 1.807) is 0 Å². The van der Waals surface area contributed by atoms with E-state index < -0.39 is 0 Å². The molecule has 0 N–H and O–H groups in total. The maximum Gasteiger partial charge on any atom is 0.317 e. The van der Waals surface area contributed by atoms with Crippen LogP contribution in [0.4, 0.5) is 0 Å². The van der Waals surface area contributed by atoms with E-state index in [0.29, 0.717) is 23.8 Å². The Labute approximate surface area is 157 Å². The van der Waals surface area contributed by atoms with Gasteiger partial charge in [0.1, 0.15) is 11.8 Å². The fourth-order valence-corrected chi connectivity index (χ4v) is 3.48. The Hall–Kier alpha value is -2.96. The molecule has 3 aromatic rings. The van der Waals surface area contributed by atoms with Crippen molar-refractivity contribution in [1.29, 1.82) is 0 Å². The van der Waals surface area contributed by atoms with Crippen molar-refractivity contribution in [1.82, 2.24) is 20.0 Å². The molecule has 0 saturated carbocycles. The second kappa shape index (κ2) is 7.34. The number of rotatable bonds is 4. The maximum absolute atomic E-state index is 12.8. The SMILES string of the molecule is Cc1cc(C)nc(OC2CCCN(C(=O)Cc3noc4ccccc34)C2)n1. The van der Waals surface area contributed by atoms with Gasteiger partial charge in [-0.25, -0.2) is 9.97 Å². The number of carbonyl (C=O) groups excluding carboxylic acids is 1. The molecular weight excluding hydrogens is 344 g/mol. The minimum atomic E-state index is -0.0991. The van der Waals surface area contributed by atoms with E-state index in [2.05, 4.69) is 15.1 Å². The summed E-state index contributed by atoms with van der Waals surface area (Å²) >= 11 is 0. The zero-order valence-electron chi connectivity index (χ0n) is 15.5. The molecule has 2 aromatic heterocycles. The van der Waals surface area contributed by atoms with Gasteiger partial charge in [0, 0.05) is 23.3 Å². The minimum absolute atomic E-state index is 0.0312. The Bertz CT molecular complexity index is 949. The second-order valence-corrected chi connectivity index (χ2v) is 6.96. The molecule has 0 aliphatic carbocycles. The first kappa shape index (κ1) is 17.5. The Morgan fingerprint density at radius 1 is 1.26 bits per heavy atom. The van der Waals surface area contributed by atoms with Gasteiger partial charge in [-0.1, -0.05) is 17.3 Å². The molecule has 3 heterocycles. The van der Waals surface area contributed by atoms with Crippen molar-refractivity contribution in [2.24, 2.45) is 0 Å². The van der Waals surface area contributed by atoms with Crippen molar-refractivity contribution in [3.8, 4) is 6.01 Å². The van der Waals surface area contributed by atoms with E-state index >= 15 is 0 Å². The van der Waals surface area contributed by atoms with Crippen LogP contribution < -0.4 is 4.74 Å². The number of likely N-dealkylation sites (tertiary alicyclic amines) is 1. The third-order valence-electron chi connectivity index (χ3n) is 4.74. The molecule has 27 heavy (non-hydrogen) atoms. The monoisotopic (exact) mass is 366 g/mol. The lowest BCUT2D eigenvalue weighted by Crippen LogP contribution is -2.45. The number of benzene rings is 1. The van der Waals surface area contributed by atoms with Gasteiger partial charge in [0.25, 0.3) is 0 Å². The Balaban J connectivity index is 1.42. The van der Waals surface area contributed by atoms with Gasteiger partial charge in [-0.15, -0.1) is 0 Å². The lowest BCUT2D eigenvalue weighted by Gasteiger charge is -2.32. The molecule has 1 amide bonds. The summed E-state index contributed by atoms with van der Waals surface area (Å²) in [5.74, 6) is 0.0312. The molecule has 1 unspecified atom stereocenters. The van der Waals surface area contributed by atoms with E-state index in [4.69, 9.17) is 9.26 Å². The first-order valence-electron chi connectivity index (χ1n) is 9.18. The summed E-state index contributed by atoms with van der Waals surface area (Å²) in [6, 6.07) is 9.88. The van der Waals surface area contributed by atoms with E-state index in [1.807, 2.05) is 49.1 Å². The van der Waals surface area contributed by atoms with Crippen LogP contribution in [0, 0.1) is 13.8 Å². The van der Waals surface area contributed by atoms with Crippen molar-refractivity contribution in [2.75, 3.05) is 13.1 Å². The van der Waals surface area contributed by atoms with Gasteiger partial charge < -0.3 is 14.2 Å². The molecule has 1 fully saturated rings. The molecule has 0 bridgehead atoms. The van der Waals surface area contributed by atoms with Crippen LogP contribution in [-0.4, -0.2) is 45.1 Å². The second-order valence-electron chi connectivity index (χ2n) is 6.96. The molecule has 7 nitrogen and oxygen atoms in total. The molecule has 140 valence electrons. The Morgan fingerprint density at radius 2 is 2.04 bits per heavy atom. The molecule has 0 radical (unpaired) electrons. The molecule has 1 saturated heterocycles. The summed E-state index contributed by atoms with van der Waals surface area (Å²) in [5, 5.41) is 4.95. The maximum atomic E-state index is 12.8. The number of nitrogens with zero attached hydrogens (tertiary/aromatic N) is 4. The summed E-state index contributed by atoms with van der Waals surface area (Å²) in [6.07, 6.45) is 1.90. The predicted molar refractivity (Wildman–Crippen MR) is 99.4 cm³/mol. The van der Waals surface area contributed by atoms with Crippen LogP contribution in [0.1, 0.15) is 29.9 Å². The summed E-state index contributed by atoms with van der Waals surface area (Å²) < 4.78 is 11.3. The topological polar surface area (TPSA) is 81.4 Å². The van der Waals surface area contributed by atoms with Crippen molar-refractivity contribution < 1.29 is 14.1 Å². The fourth-order valence-electron chi connectivity index (χ4n) is 3.48. The van der Waals surface area contributed by atoms with E-state index in [9.17, 15) is 4.79 Å². The highest BCUT2D eigenvalue weighted by Crippen LogP contribution is 2.21. The average molecular weight is 366 g/mol. The number of piperidine rings is 1. The lowest BCUT2D eigenvalue weighted by atomic mass is 10.1. The lowest BCUT2D eigenvalue weighted by molar-refractivity contribution is -0.133. The van der Waals surface area contributed by atoms with Gasteiger partial charge in [-0.3, -0.25) is 4.79 Å². The summed E-state index contributed by atoms with van der Waals surface area (Å²) in [4.78, 5) is 23.3. The first-order chi connectivity index (χ1) is 13.1. The molecule has 1 atom stereocenters. The van der Waals surface area contributed by atoms with Crippen LogP contribution in [0.5, 0.6) is 6.01 Å². The first-order valence-corrected chi connectivity index (χ1v) is 9.18. The molecule has 4 rings (SSSR count). The molecular formula is C20H22N4O3. The number of fused-ring (bicyclic) bond motifs is 1. The molecule has 1 aromatic carbocycles. The van der Waals surface area contributed by atoms with Crippen molar-refractivity contribution >= 4 is 16.9 Å². The number of ether oxygens (including phenoxy) is 1. The van der Waals surface area contributed by atoms with Crippen LogP contribution in [-0.2, 0) is 11.2 Å². The number of para-hydroxylation sites is 1. The third-order valence-corrected chi connectivity index (χ3v) is 4.74. The number of hydrogen-bond acceptors (Lipinski definition) is 6. The predicted octanol–water partition coefficient (Wildman–Crippen LogP) is 2.85. The van der Waals surface area contributed by atoms with Gasteiger partial charge in [0.2, 0.25) is 5.91 Å². The molecule has 1 aliphatic heterocycles. The standard InChI is InChI=1S/C20H22N4O3/c1-13-10-14(2)22-20(21-13)26-15-6-5-9-24(12-15)19(25)11-17-16-7-3-4-8-18(16)27-23-17/h3-4,7-8,10,15H,5-6,9,11-12H2,1-2H3. The molecule has 1 aliphatic rings. The van der Waals surface area contributed by atoms with Crippen molar-refractivity contribution in [2.45, 2.75) is 39.2 Å². The van der Waals surface area contributed by atoms with Gasteiger partial charge in [-0.2, -0.15) is 0 Å². The van der Waals surface area contributed by atoms with Crippen LogP contribution in [0.15, 0.2) is 34.9 Å². The minimum Gasteiger partial charge on any atom is -0.458 e. The summed E-state index contributed by atoms with van der Waals surface area (Å²) in [5.41, 5.74) is 3.13. The van der Waals surface area contributed by atoms with Crippen LogP contribution in [0.2, 0.25) is 0 Å². The summed E-state index contributed by atoms with van der Waals surface area (Å²) in [7, 11) is 0. The van der Waals surface area contributed by atoms with Crippen molar-refractivity contribution in [3.05, 3.63) is 47.4 Å². The van der Waals surface area contributed by atoms with Gasteiger partial charge >= 0.3 is 6.01 Å². The number of aromatic nitrogens is 3. The number of carbonyl (C=O) groups is 1. The highest BCUT2D eigenvalue weighted by Gasteiger charge is 2.26. The Kier molecular flexibility index (Phi) is 4.75. The van der Waals surface area contributed by atoms with Crippen LogP contribution in [0.25, 0.3) is 11.0 Å². The average Bonchev–Trinajstić information content (AvgIpc) is 3.04. The fraction of sp³-hybridized carbons (Fsp3) is 0.400. The van der Waals surface area contributed by atoms with Gasteiger partial charge in [-0.05, 0) is 44.9 Å². The third kappa shape index (κ3) is 3.92. The highest BCUT2D eigenvalue weighted by atomic mass is 16.5. The summed E-state index contributed by atoms with van der Waals surface area (Å²) in [6.45, 7) is 5.09. The van der Waals surface area contributed by atoms with Gasteiger partial charge in [0.05, 0.1) is 13.0 Å². The van der Waals surface area contributed by atoms with Crippen LogP contribution >= 0.6 is 0 Å². The van der Waals surface area contributed by atoms with Crippen LogP contribution in [0.3, 0.4) is 0 Å². The number of amides is 1. The molecule has 0 spiro atoms. The zero-order valence-corrected chi connectivity index (χ0v) is 15.5. The quantitative estimate of drug-likeness (QED) is 0.706. The van der Waals surface area contributed by atoms with E-state index in [-0.39, 0.29) is 18.4 Å². The molecule has 7 heteroatoms. The van der Waals surface area contributed by atoms with E-state index in [0.717, 1.165) is 36.2 Å². The number of aryl methyl sites for hydroxylation is 2. The normalized spacial score (nSPS) is 17.3. The smallest absolute Gasteiger partial charge is 0.317 e. The number of hydrogen-bond donors (Lipinski definition) is 0.